The van der Waals surface area contributed by atoms with Crippen molar-refractivity contribution in [3.8, 4) is 0 Å². The van der Waals surface area contributed by atoms with Crippen LogP contribution in [0.25, 0.3) is 0 Å². The zero-order chi connectivity index (χ0) is 13.7. The number of anilines is 1. The Morgan fingerprint density at radius 2 is 2.11 bits per heavy atom. The number of pyridine rings is 1. The summed E-state index contributed by atoms with van der Waals surface area (Å²) in [4.78, 5) is 15.9. The van der Waals surface area contributed by atoms with Gasteiger partial charge in [-0.25, -0.2) is 4.79 Å². The van der Waals surface area contributed by atoms with Crippen molar-refractivity contribution in [1.29, 1.82) is 0 Å². The average molecular weight is 277 g/mol. The zero-order valence-corrected chi connectivity index (χ0v) is 11.1. The molecule has 1 aromatic carbocycles. The number of carbonyl (C=O) groups is 1. The first-order valence-electron chi connectivity index (χ1n) is 5.71. The van der Waals surface area contributed by atoms with Crippen molar-refractivity contribution in [3.05, 3.63) is 59.4 Å². The van der Waals surface area contributed by atoms with Crippen molar-refractivity contribution in [2.75, 3.05) is 12.4 Å². The van der Waals surface area contributed by atoms with E-state index in [4.69, 9.17) is 16.3 Å². The van der Waals surface area contributed by atoms with Crippen LogP contribution in [0.4, 0.5) is 5.69 Å². The molecule has 2 aromatic rings. The fourth-order valence-corrected chi connectivity index (χ4v) is 1.87. The predicted molar refractivity (Wildman–Crippen MR) is 74.1 cm³/mol. The summed E-state index contributed by atoms with van der Waals surface area (Å²) in [5.41, 5.74) is 1.39. The summed E-state index contributed by atoms with van der Waals surface area (Å²) >= 11 is 6.07. The van der Waals surface area contributed by atoms with Crippen LogP contribution in [0.2, 0.25) is 5.02 Å². The van der Waals surface area contributed by atoms with Crippen LogP contribution in [-0.4, -0.2) is 18.1 Å². The van der Waals surface area contributed by atoms with Gasteiger partial charge in [0.15, 0.2) is 6.04 Å². The molecule has 19 heavy (non-hydrogen) atoms. The van der Waals surface area contributed by atoms with Gasteiger partial charge in [-0.3, -0.25) is 4.98 Å². The first kappa shape index (κ1) is 13.4. The Labute approximate surface area is 116 Å². The number of nitrogens with one attached hydrogen (secondary N) is 1. The molecule has 0 aliphatic carbocycles. The minimum atomic E-state index is -0.640. The van der Waals surface area contributed by atoms with Gasteiger partial charge in [0.2, 0.25) is 0 Å². The smallest absolute Gasteiger partial charge is 0.333 e. The van der Waals surface area contributed by atoms with Gasteiger partial charge in [-0.2, -0.15) is 0 Å². The van der Waals surface area contributed by atoms with E-state index >= 15 is 0 Å². The van der Waals surface area contributed by atoms with Crippen LogP contribution in [-0.2, 0) is 9.53 Å². The molecule has 0 amide bonds. The molecular weight excluding hydrogens is 264 g/mol. The Kier molecular flexibility index (Phi) is 4.36. The third kappa shape index (κ3) is 3.23. The topological polar surface area (TPSA) is 51.2 Å². The molecule has 0 bridgehead atoms. The first-order valence-corrected chi connectivity index (χ1v) is 6.09. The Balaban J connectivity index is 2.30. The fraction of sp³-hybridized carbons (Fsp3) is 0.143. The van der Waals surface area contributed by atoms with Crippen LogP contribution in [0, 0.1) is 0 Å². The molecule has 1 aromatic heterocycles. The number of rotatable bonds is 4. The largest absolute Gasteiger partial charge is 0.467 e. The third-order valence-corrected chi connectivity index (χ3v) is 2.96. The average Bonchev–Trinajstić information content (AvgIpc) is 2.46. The van der Waals surface area contributed by atoms with E-state index in [0.29, 0.717) is 16.3 Å². The lowest BCUT2D eigenvalue weighted by atomic mass is 10.1. The highest BCUT2D eigenvalue weighted by Crippen LogP contribution is 2.26. The van der Waals surface area contributed by atoms with E-state index < -0.39 is 12.0 Å². The number of esters is 1. The van der Waals surface area contributed by atoms with E-state index in [1.165, 1.54) is 7.11 Å². The number of carbonyl (C=O) groups excluding carboxylic acids is 1. The highest BCUT2D eigenvalue weighted by atomic mass is 35.5. The Hall–Kier alpha value is -2.07. The lowest BCUT2D eigenvalue weighted by Crippen LogP contribution is -2.22. The van der Waals surface area contributed by atoms with Crippen LogP contribution in [0.1, 0.15) is 11.6 Å². The summed E-state index contributed by atoms with van der Waals surface area (Å²) in [5.74, 6) is -0.395. The van der Waals surface area contributed by atoms with Crippen molar-refractivity contribution < 1.29 is 9.53 Å². The van der Waals surface area contributed by atoms with Gasteiger partial charge in [0.25, 0.3) is 0 Å². The van der Waals surface area contributed by atoms with Crippen molar-refractivity contribution in [1.82, 2.24) is 4.98 Å². The van der Waals surface area contributed by atoms with E-state index in [9.17, 15) is 4.79 Å². The van der Waals surface area contributed by atoms with Crippen molar-refractivity contribution >= 4 is 23.3 Å². The second kappa shape index (κ2) is 6.20. The molecule has 1 heterocycles. The van der Waals surface area contributed by atoms with Crippen molar-refractivity contribution in [3.63, 3.8) is 0 Å². The van der Waals surface area contributed by atoms with E-state index in [-0.39, 0.29) is 0 Å². The zero-order valence-electron chi connectivity index (χ0n) is 10.3. The Bertz CT molecular complexity index is 560. The Morgan fingerprint density at radius 1 is 1.32 bits per heavy atom. The van der Waals surface area contributed by atoms with E-state index in [1.54, 1.807) is 36.7 Å². The second-order valence-corrected chi connectivity index (χ2v) is 4.27. The normalized spacial score (nSPS) is 11.7. The molecule has 4 nitrogen and oxygen atoms in total. The molecule has 0 saturated heterocycles. The quantitative estimate of drug-likeness (QED) is 0.872. The summed E-state index contributed by atoms with van der Waals surface area (Å²) in [7, 11) is 1.35. The second-order valence-electron chi connectivity index (χ2n) is 3.87. The van der Waals surface area contributed by atoms with Gasteiger partial charge < -0.3 is 10.1 Å². The summed E-state index contributed by atoms with van der Waals surface area (Å²) in [6.45, 7) is 0. The van der Waals surface area contributed by atoms with E-state index in [0.717, 1.165) is 0 Å². The molecule has 0 spiro atoms. The molecule has 0 aliphatic rings. The van der Waals surface area contributed by atoms with Crippen LogP contribution in [0.3, 0.4) is 0 Å². The molecule has 5 heteroatoms. The third-order valence-electron chi connectivity index (χ3n) is 2.63. The van der Waals surface area contributed by atoms with E-state index in [2.05, 4.69) is 10.3 Å². The summed E-state index contributed by atoms with van der Waals surface area (Å²) < 4.78 is 4.81. The SMILES string of the molecule is COC(=O)C(Nc1ccccc1Cl)c1cccnc1. The van der Waals surface area contributed by atoms with Crippen LogP contribution in [0.5, 0.6) is 0 Å². The lowest BCUT2D eigenvalue weighted by molar-refractivity contribution is -0.141. The highest BCUT2D eigenvalue weighted by Gasteiger charge is 2.22. The lowest BCUT2D eigenvalue weighted by Gasteiger charge is -2.18. The molecular formula is C14H13ClN2O2. The van der Waals surface area contributed by atoms with Gasteiger partial charge >= 0.3 is 5.97 Å². The Morgan fingerprint density at radius 3 is 2.74 bits per heavy atom. The number of ether oxygens (including phenoxy) is 1. The number of benzene rings is 1. The number of hydrogen-bond donors (Lipinski definition) is 1. The maximum atomic E-state index is 11.9. The van der Waals surface area contributed by atoms with Gasteiger partial charge in [-0.05, 0) is 18.2 Å². The predicted octanol–water partition coefficient (Wildman–Crippen LogP) is 3.06. The number of nitrogens with zero attached hydrogens (tertiary/aromatic N) is 1. The highest BCUT2D eigenvalue weighted by molar-refractivity contribution is 6.33. The summed E-state index contributed by atoms with van der Waals surface area (Å²) in [5, 5.41) is 3.61. The fourth-order valence-electron chi connectivity index (χ4n) is 1.68. The van der Waals surface area contributed by atoms with Gasteiger partial charge in [0, 0.05) is 18.0 Å². The minimum absolute atomic E-state index is 0.395. The van der Waals surface area contributed by atoms with E-state index in [1.807, 2.05) is 12.1 Å². The minimum Gasteiger partial charge on any atom is -0.467 e. The number of aromatic nitrogens is 1. The van der Waals surface area contributed by atoms with Crippen molar-refractivity contribution in [2.45, 2.75) is 6.04 Å². The molecule has 1 unspecified atom stereocenters. The molecule has 1 atom stereocenters. The maximum Gasteiger partial charge on any atom is 0.333 e. The van der Waals surface area contributed by atoms with Gasteiger partial charge in [0.05, 0.1) is 17.8 Å². The van der Waals surface area contributed by atoms with Gasteiger partial charge in [-0.1, -0.05) is 29.8 Å². The molecule has 2 rings (SSSR count). The first-order chi connectivity index (χ1) is 9.22. The van der Waals surface area contributed by atoms with Crippen molar-refractivity contribution in [2.24, 2.45) is 0 Å². The molecule has 1 N–H and O–H groups in total. The van der Waals surface area contributed by atoms with Gasteiger partial charge in [-0.15, -0.1) is 0 Å². The molecule has 0 radical (unpaired) electrons. The summed E-state index contributed by atoms with van der Waals surface area (Å²) in [6.07, 6.45) is 3.26. The number of para-hydroxylation sites is 1. The molecule has 98 valence electrons. The van der Waals surface area contributed by atoms with Crippen LogP contribution >= 0.6 is 11.6 Å². The van der Waals surface area contributed by atoms with Gasteiger partial charge in [0.1, 0.15) is 0 Å². The van der Waals surface area contributed by atoms with Crippen LogP contribution < -0.4 is 5.32 Å². The monoisotopic (exact) mass is 276 g/mol. The number of hydrogen-bond acceptors (Lipinski definition) is 4. The standard InChI is InChI=1S/C14H13ClN2O2/c1-19-14(18)13(10-5-4-8-16-9-10)17-12-7-3-2-6-11(12)15/h2-9,13,17H,1H3. The molecule has 0 saturated carbocycles. The molecule has 0 aliphatic heterocycles. The summed E-state index contributed by atoms with van der Waals surface area (Å²) in [6, 6.07) is 10.1. The maximum absolute atomic E-state index is 11.9. The number of methoxy groups -OCH3 is 1. The molecule has 0 fully saturated rings. The van der Waals surface area contributed by atoms with Crippen LogP contribution in [0.15, 0.2) is 48.8 Å². The number of halogens is 1.